The van der Waals surface area contributed by atoms with Gasteiger partial charge in [-0.25, -0.2) is 0 Å². The molecular weight excluding hydrogens is 312 g/mol. The van der Waals surface area contributed by atoms with Crippen molar-refractivity contribution in [1.82, 2.24) is 19.6 Å². The van der Waals surface area contributed by atoms with E-state index in [0.717, 1.165) is 25.2 Å². The van der Waals surface area contributed by atoms with Gasteiger partial charge >= 0.3 is 0 Å². The molecule has 25 heavy (non-hydrogen) atoms. The summed E-state index contributed by atoms with van der Waals surface area (Å²) in [5.41, 5.74) is 3.17. The van der Waals surface area contributed by atoms with Crippen LogP contribution in [0.1, 0.15) is 40.7 Å². The molecule has 3 rings (SSSR count). The fraction of sp³-hybridized carbons (Fsp3) is 0.500. The van der Waals surface area contributed by atoms with E-state index in [1.807, 2.05) is 24.4 Å². The Morgan fingerprint density at radius 2 is 2.16 bits per heavy atom. The van der Waals surface area contributed by atoms with E-state index in [1.54, 1.807) is 19.0 Å². The molecule has 0 unspecified atom stereocenters. The summed E-state index contributed by atoms with van der Waals surface area (Å²) < 4.78 is 2.06. The predicted molar refractivity (Wildman–Crippen MR) is 99.5 cm³/mol. The summed E-state index contributed by atoms with van der Waals surface area (Å²) in [5, 5.41) is 4.45. The van der Waals surface area contributed by atoms with E-state index in [0.29, 0.717) is 6.04 Å². The molecule has 0 saturated carbocycles. The molecule has 1 aromatic heterocycles. The van der Waals surface area contributed by atoms with E-state index in [2.05, 4.69) is 33.9 Å². The molecule has 0 N–H and O–H groups in total. The van der Waals surface area contributed by atoms with Crippen LogP contribution in [0, 0.1) is 6.92 Å². The van der Waals surface area contributed by atoms with Gasteiger partial charge in [-0.15, -0.1) is 0 Å². The number of likely N-dealkylation sites (tertiary alicyclic amines) is 1. The first-order chi connectivity index (χ1) is 12.0. The lowest BCUT2D eigenvalue weighted by atomic mass is 10.0. The maximum atomic E-state index is 12.2. The Labute approximate surface area is 150 Å². The van der Waals surface area contributed by atoms with Crippen LogP contribution in [0.5, 0.6) is 0 Å². The summed E-state index contributed by atoms with van der Waals surface area (Å²) in [5.74, 6) is 0.0593. The summed E-state index contributed by atoms with van der Waals surface area (Å²) in [7, 11) is 3.59. The van der Waals surface area contributed by atoms with Crippen LogP contribution in [-0.4, -0.2) is 52.2 Å². The highest BCUT2D eigenvalue weighted by Crippen LogP contribution is 2.21. The minimum absolute atomic E-state index is 0.0593. The lowest BCUT2D eigenvalue weighted by Crippen LogP contribution is -2.41. The normalized spacial score (nSPS) is 18.3. The molecule has 1 fully saturated rings. The van der Waals surface area contributed by atoms with Crippen molar-refractivity contribution < 1.29 is 4.79 Å². The molecule has 1 aliphatic heterocycles. The highest BCUT2D eigenvalue weighted by atomic mass is 16.2. The van der Waals surface area contributed by atoms with Gasteiger partial charge in [-0.2, -0.15) is 5.10 Å². The van der Waals surface area contributed by atoms with Crippen LogP contribution >= 0.6 is 0 Å². The third kappa shape index (κ3) is 4.48. The average molecular weight is 340 g/mol. The Hall–Kier alpha value is -2.14. The number of hydrogen-bond donors (Lipinski definition) is 0. The van der Waals surface area contributed by atoms with E-state index < -0.39 is 0 Å². The van der Waals surface area contributed by atoms with Crippen molar-refractivity contribution in [2.75, 3.05) is 20.6 Å². The molecule has 2 heterocycles. The Balaban J connectivity index is 1.71. The quantitative estimate of drug-likeness (QED) is 0.840. The van der Waals surface area contributed by atoms with Crippen LogP contribution < -0.4 is 0 Å². The number of benzene rings is 1. The largest absolute Gasteiger partial charge is 0.345 e. The van der Waals surface area contributed by atoms with Crippen LogP contribution in [-0.2, 0) is 13.1 Å². The van der Waals surface area contributed by atoms with E-state index in [9.17, 15) is 4.79 Å². The zero-order chi connectivity index (χ0) is 17.8. The highest BCUT2D eigenvalue weighted by Gasteiger charge is 2.23. The van der Waals surface area contributed by atoms with Gasteiger partial charge in [0.05, 0.1) is 12.7 Å². The summed E-state index contributed by atoms with van der Waals surface area (Å²) in [6.45, 7) is 5.01. The topological polar surface area (TPSA) is 41.4 Å². The van der Waals surface area contributed by atoms with E-state index in [1.165, 1.54) is 30.4 Å². The van der Waals surface area contributed by atoms with E-state index in [4.69, 9.17) is 0 Å². The van der Waals surface area contributed by atoms with Crippen molar-refractivity contribution in [2.45, 2.75) is 45.3 Å². The monoisotopic (exact) mass is 340 g/mol. The minimum Gasteiger partial charge on any atom is -0.345 e. The molecule has 0 radical (unpaired) electrons. The number of hydrogen-bond acceptors (Lipinski definition) is 3. The maximum absolute atomic E-state index is 12.2. The number of piperidine rings is 1. The van der Waals surface area contributed by atoms with Crippen LogP contribution in [0.25, 0.3) is 0 Å². The van der Waals surface area contributed by atoms with Crippen molar-refractivity contribution in [3.05, 3.63) is 53.3 Å². The predicted octanol–water partition coefficient (Wildman–Crippen LogP) is 2.95. The Morgan fingerprint density at radius 3 is 2.88 bits per heavy atom. The summed E-state index contributed by atoms with van der Waals surface area (Å²) in [6, 6.07) is 8.54. The van der Waals surface area contributed by atoms with Crippen molar-refractivity contribution in [1.29, 1.82) is 0 Å². The second-order valence-electron chi connectivity index (χ2n) is 7.26. The molecule has 1 amide bonds. The lowest BCUT2D eigenvalue weighted by Gasteiger charge is -2.35. The fourth-order valence-corrected chi connectivity index (χ4v) is 3.55. The smallest absolute Gasteiger partial charge is 0.253 e. The standard InChI is InChI=1S/C20H28N4O/c1-16-12-21-24(13-16)15-19-9-4-5-10-23(19)14-17-7-6-8-18(11-17)20(25)22(2)3/h6-8,11-13,19H,4-5,9-10,14-15H2,1-3H3/t19-/m1/s1. The van der Waals surface area contributed by atoms with Gasteiger partial charge in [-0.1, -0.05) is 18.6 Å². The molecule has 5 heteroatoms. The van der Waals surface area contributed by atoms with Crippen molar-refractivity contribution in [2.24, 2.45) is 0 Å². The Morgan fingerprint density at radius 1 is 1.32 bits per heavy atom. The summed E-state index contributed by atoms with van der Waals surface area (Å²) in [4.78, 5) is 16.4. The van der Waals surface area contributed by atoms with Gasteiger partial charge < -0.3 is 4.90 Å². The highest BCUT2D eigenvalue weighted by molar-refractivity contribution is 5.94. The molecule has 1 aromatic carbocycles. The number of aryl methyl sites for hydroxylation is 1. The fourth-order valence-electron chi connectivity index (χ4n) is 3.55. The van der Waals surface area contributed by atoms with Crippen molar-refractivity contribution in [3.63, 3.8) is 0 Å². The van der Waals surface area contributed by atoms with Gasteiger partial charge in [0.25, 0.3) is 5.91 Å². The van der Waals surface area contributed by atoms with Gasteiger partial charge in [0, 0.05) is 38.4 Å². The zero-order valence-corrected chi connectivity index (χ0v) is 15.5. The van der Waals surface area contributed by atoms with Gasteiger partial charge in [0.2, 0.25) is 0 Å². The third-order valence-corrected chi connectivity index (χ3v) is 4.88. The number of aromatic nitrogens is 2. The number of nitrogens with zero attached hydrogens (tertiary/aromatic N) is 4. The average Bonchev–Trinajstić information content (AvgIpc) is 3.01. The first-order valence-corrected chi connectivity index (χ1v) is 9.06. The summed E-state index contributed by atoms with van der Waals surface area (Å²) in [6.07, 6.45) is 7.76. The lowest BCUT2D eigenvalue weighted by molar-refractivity contribution is 0.0827. The van der Waals surface area contributed by atoms with Gasteiger partial charge in [-0.05, 0) is 49.6 Å². The van der Waals surface area contributed by atoms with Crippen LogP contribution in [0.4, 0.5) is 0 Å². The molecule has 1 atom stereocenters. The zero-order valence-electron chi connectivity index (χ0n) is 15.5. The second-order valence-corrected chi connectivity index (χ2v) is 7.26. The maximum Gasteiger partial charge on any atom is 0.253 e. The molecular formula is C20H28N4O. The van der Waals surface area contributed by atoms with Crippen LogP contribution in [0.15, 0.2) is 36.7 Å². The molecule has 0 aliphatic carbocycles. The molecule has 5 nitrogen and oxygen atoms in total. The van der Waals surface area contributed by atoms with Gasteiger partial charge in [0.15, 0.2) is 0 Å². The van der Waals surface area contributed by atoms with E-state index >= 15 is 0 Å². The minimum atomic E-state index is 0.0593. The molecule has 2 aromatic rings. The molecule has 1 saturated heterocycles. The van der Waals surface area contributed by atoms with Crippen molar-refractivity contribution in [3.8, 4) is 0 Å². The molecule has 0 bridgehead atoms. The number of rotatable bonds is 5. The Bertz CT molecular complexity index is 722. The number of carbonyl (C=O) groups excluding carboxylic acids is 1. The SMILES string of the molecule is Cc1cnn(C[C@H]2CCCCN2Cc2cccc(C(=O)N(C)C)c2)c1. The first-order valence-electron chi connectivity index (χ1n) is 9.06. The van der Waals surface area contributed by atoms with Crippen molar-refractivity contribution >= 4 is 5.91 Å². The number of amides is 1. The number of carbonyl (C=O) groups is 1. The molecule has 0 spiro atoms. The summed E-state index contributed by atoms with van der Waals surface area (Å²) >= 11 is 0. The van der Waals surface area contributed by atoms with Crippen LogP contribution in [0.2, 0.25) is 0 Å². The third-order valence-electron chi connectivity index (χ3n) is 4.88. The van der Waals surface area contributed by atoms with Crippen LogP contribution in [0.3, 0.4) is 0 Å². The second kappa shape index (κ2) is 7.83. The molecule has 134 valence electrons. The van der Waals surface area contributed by atoms with Gasteiger partial charge in [0.1, 0.15) is 0 Å². The van der Waals surface area contributed by atoms with E-state index in [-0.39, 0.29) is 5.91 Å². The van der Waals surface area contributed by atoms with Gasteiger partial charge in [-0.3, -0.25) is 14.4 Å². The molecule has 1 aliphatic rings. The first kappa shape index (κ1) is 17.7. The Kier molecular flexibility index (Phi) is 5.53.